The topological polar surface area (TPSA) is 78.9 Å². The van der Waals surface area contributed by atoms with Crippen LogP contribution in [0.2, 0.25) is 0 Å². The summed E-state index contributed by atoms with van der Waals surface area (Å²) < 4.78 is 16.4. The van der Waals surface area contributed by atoms with Crippen molar-refractivity contribution in [2.24, 2.45) is 0 Å². The summed E-state index contributed by atoms with van der Waals surface area (Å²) >= 11 is 0. The molecule has 6 heteroatoms. The molecule has 0 aliphatic heterocycles. The van der Waals surface area contributed by atoms with Gasteiger partial charge in [-0.15, -0.1) is 0 Å². The predicted octanol–water partition coefficient (Wildman–Crippen LogP) is 12.1. The van der Waals surface area contributed by atoms with Gasteiger partial charge in [0.05, 0.1) is 0 Å². The first-order valence-electron chi connectivity index (χ1n) is 20.0. The van der Waals surface area contributed by atoms with Crippen molar-refractivity contribution in [2.75, 3.05) is 13.2 Å². The Morgan fingerprint density at radius 3 is 0.870 bits per heavy atom. The van der Waals surface area contributed by atoms with Crippen molar-refractivity contribution in [2.45, 2.75) is 226 Å². The minimum absolute atomic E-state index is 0.0662. The Bertz CT molecular complexity index is 679. The van der Waals surface area contributed by atoms with E-state index in [2.05, 4.69) is 20.8 Å². The summed E-state index contributed by atoms with van der Waals surface area (Å²) in [4.78, 5) is 37.0. The first-order chi connectivity index (χ1) is 22.5. The zero-order valence-electron chi connectivity index (χ0n) is 30.9. The molecule has 0 aromatic rings. The maximum atomic E-state index is 12.4. The van der Waals surface area contributed by atoms with Crippen molar-refractivity contribution in [1.82, 2.24) is 0 Å². The molecule has 0 aliphatic rings. The zero-order chi connectivity index (χ0) is 33.8. The highest BCUT2D eigenvalue weighted by Gasteiger charge is 2.19. The Morgan fingerprint density at radius 1 is 0.348 bits per heavy atom. The number of rotatable bonds is 36. The molecular formula is C40H76O6. The van der Waals surface area contributed by atoms with Crippen molar-refractivity contribution < 1.29 is 28.6 Å². The van der Waals surface area contributed by atoms with Gasteiger partial charge in [0, 0.05) is 19.3 Å². The SMILES string of the molecule is CCCCCCCCCCCCCCCCCCCCC(=O)OCC(COC(=O)CCCCCCC)OC(=O)CCCCCCC. The lowest BCUT2D eigenvalue weighted by Gasteiger charge is -2.18. The van der Waals surface area contributed by atoms with Crippen LogP contribution in [0, 0.1) is 0 Å². The molecule has 0 fully saturated rings. The van der Waals surface area contributed by atoms with E-state index in [9.17, 15) is 14.4 Å². The summed E-state index contributed by atoms with van der Waals surface area (Å²) in [7, 11) is 0. The van der Waals surface area contributed by atoms with Crippen LogP contribution in [0.4, 0.5) is 0 Å². The standard InChI is InChI=1S/C40H76O6/c1-4-7-10-13-14-15-16-17-18-19-20-21-22-23-24-25-28-30-33-39(42)45-36-37(46-40(43)34-31-27-12-9-6-3)35-44-38(41)32-29-26-11-8-5-2/h37H,4-36H2,1-3H3. The van der Waals surface area contributed by atoms with E-state index in [-0.39, 0.29) is 31.1 Å². The number of unbranched alkanes of at least 4 members (excludes halogenated alkanes) is 25. The Balaban J connectivity index is 4.00. The minimum atomic E-state index is -0.753. The molecule has 1 atom stereocenters. The van der Waals surface area contributed by atoms with E-state index in [1.807, 2.05) is 0 Å². The summed E-state index contributed by atoms with van der Waals surface area (Å²) in [5.74, 6) is -0.890. The van der Waals surface area contributed by atoms with Gasteiger partial charge in [0.2, 0.25) is 0 Å². The highest BCUT2D eigenvalue weighted by atomic mass is 16.6. The minimum Gasteiger partial charge on any atom is -0.462 e. The predicted molar refractivity (Wildman–Crippen MR) is 192 cm³/mol. The van der Waals surface area contributed by atoms with Gasteiger partial charge < -0.3 is 14.2 Å². The van der Waals surface area contributed by atoms with Gasteiger partial charge >= 0.3 is 17.9 Å². The number of hydrogen-bond donors (Lipinski definition) is 0. The molecular weight excluding hydrogens is 576 g/mol. The van der Waals surface area contributed by atoms with Crippen molar-refractivity contribution in [3.05, 3.63) is 0 Å². The summed E-state index contributed by atoms with van der Waals surface area (Å²) in [6.45, 7) is 6.47. The first kappa shape index (κ1) is 44.4. The van der Waals surface area contributed by atoms with Crippen LogP contribution < -0.4 is 0 Å². The van der Waals surface area contributed by atoms with Gasteiger partial charge in [0.25, 0.3) is 0 Å². The van der Waals surface area contributed by atoms with Crippen molar-refractivity contribution in [1.29, 1.82) is 0 Å². The average molecular weight is 653 g/mol. The normalized spacial score (nSPS) is 11.8. The molecule has 0 heterocycles. The van der Waals surface area contributed by atoms with Crippen LogP contribution in [0.3, 0.4) is 0 Å². The van der Waals surface area contributed by atoms with Gasteiger partial charge in [-0.3, -0.25) is 14.4 Å². The zero-order valence-corrected chi connectivity index (χ0v) is 30.9. The largest absolute Gasteiger partial charge is 0.462 e. The monoisotopic (exact) mass is 653 g/mol. The summed E-state index contributed by atoms with van der Waals surface area (Å²) in [5.41, 5.74) is 0. The van der Waals surface area contributed by atoms with Gasteiger partial charge in [-0.2, -0.15) is 0 Å². The molecule has 0 amide bonds. The number of esters is 3. The lowest BCUT2D eigenvalue weighted by atomic mass is 10.0. The van der Waals surface area contributed by atoms with E-state index in [0.717, 1.165) is 70.6 Å². The molecule has 0 aliphatic carbocycles. The number of ether oxygens (including phenoxy) is 3. The highest BCUT2D eigenvalue weighted by molar-refractivity contribution is 5.71. The van der Waals surface area contributed by atoms with Crippen LogP contribution in [-0.4, -0.2) is 37.2 Å². The van der Waals surface area contributed by atoms with Crippen LogP contribution in [0.1, 0.15) is 220 Å². The Labute approximate surface area is 285 Å². The van der Waals surface area contributed by atoms with Crippen LogP contribution in [-0.2, 0) is 28.6 Å². The second kappa shape index (κ2) is 36.2. The lowest BCUT2D eigenvalue weighted by molar-refractivity contribution is -0.167. The molecule has 0 N–H and O–H groups in total. The molecule has 0 rings (SSSR count). The van der Waals surface area contributed by atoms with Gasteiger partial charge in [0.15, 0.2) is 6.10 Å². The fourth-order valence-corrected chi connectivity index (χ4v) is 5.79. The molecule has 0 saturated heterocycles. The third-order valence-corrected chi connectivity index (χ3v) is 8.86. The van der Waals surface area contributed by atoms with Crippen LogP contribution in [0.5, 0.6) is 0 Å². The van der Waals surface area contributed by atoms with Gasteiger partial charge in [0.1, 0.15) is 13.2 Å². The molecule has 0 spiro atoms. The summed E-state index contributed by atoms with van der Waals surface area (Å²) in [6.07, 6.45) is 34.4. The maximum Gasteiger partial charge on any atom is 0.306 e. The molecule has 46 heavy (non-hydrogen) atoms. The average Bonchev–Trinajstić information content (AvgIpc) is 3.05. The molecule has 1 unspecified atom stereocenters. The third kappa shape index (κ3) is 33.8. The van der Waals surface area contributed by atoms with Crippen LogP contribution >= 0.6 is 0 Å². The Kier molecular flexibility index (Phi) is 35.0. The molecule has 0 bridgehead atoms. The quantitative estimate of drug-likeness (QED) is 0.0381. The van der Waals surface area contributed by atoms with E-state index in [0.29, 0.717) is 19.3 Å². The maximum absolute atomic E-state index is 12.4. The molecule has 0 radical (unpaired) electrons. The van der Waals surface area contributed by atoms with E-state index < -0.39 is 6.10 Å². The smallest absolute Gasteiger partial charge is 0.306 e. The van der Waals surface area contributed by atoms with E-state index >= 15 is 0 Å². The van der Waals surface area contributed by atoms with Crippen molar-refractivity contribution in [3.63, 3.8) is 0 Å². The molecule has 6 nitrogen and oxygen atoms in total. The van der Waals surface area contributed by atoms with Gasteiger partial charge in [-0.1, -0.05) is 181 Å². The third-order valence-electron chi connectivity index (χ3n) is 8.86. The first-order valence-corrected chi connectivity index (χ1v) is 20.0. The molecule has 0 saturated carbocycles. The number of carbonyl (C=O) groups is 3. The molecule has 0 aromatic heterocycles. The highest BCUT2D eigenvalue weighted by Crippen LogP contribution is 2.15. The fraction of sp³-hybridized carbons (Fsp3) is 0.925. The Hall–Kier alpha value is -1.59. The Morgan fingerprint density at radius 2 is 0.587 bits per heavy atom. The second-order valence-corrected chi connectivity index (χ2v) is 13.6. The van der Waals surface area contributed by atoms with E-state index in [4.69, 9.17) is 14.2 Å². The summed E-state index contributed by atoms with van der Waals surface area (Å²) in [6, 6.07) is 0. The van der Waals surface area contributed by atoms with Crippen molar-refractivity contribution in [3.8, 4) is 0 Å². The van der Waals surface area contributed by atoms with E-state index in [1.54, 1.807) is 0 Å². The fourth-order valence-electron chi connectivity index (χ4n) is 5.79. The van der Waals surface area contributed by atoms with Crippen LogP contribution in [0.25, 0.3) is 0 Å². The number of hydrogen-bond acceptors (Lipinski definition) is 6. The van der Waals surface area contributed by atoms with Gasteiger partial charge in [-0.25, -0.2) is 0 Å². The number of carbonyl (C=O) groups excluding carboxylic acids is 3. The van der Waals surface area contributed by atoms with Crippen LogP contribution in [0.15, 0.2) is 0 Å². The molecule has 272 valence electrons. The van der Waals surface area contributed by atoms with Gasteiger partial charge in [-0.05, 0) is 19.3 Å². The lowest BCUT2D eigenvalue weighted by Crippen LogP contribution is -2.30. The summed E-state index contributed by atoms with van der Waals surface area (Å²) in [5, 5.41) is 0. The second-order valence-electron chi connectivity index (χ2n) is 13.6. The molecule has 0 aromatic carbocycles. The van der Waals surface area contributed by atoms with Crippen molar-refractivity contribution >= 4 is 17.9 Å². The van der Waals surface area contributed by atoms with E-state index in [1.165, 1.54) is 109 Å².